The predicted octanol–water partition coefficient (Wildman–Crippen LogP) is 15.9. The molecule has 482 valence electrons. The van der Waals surface area contributed by atoms with Crippen LogP contribution in [-0.4, -0.2) is 82.7 Å². The quantitative estimate of drug-likeness (QED) is 0.0533. The molecule has 12 heterocycles. The Bertz CT molecular complexity index is 5210. The summed E-state index contributed by atoms with van der Waals surface area (Å²) in [4.78, 5) is 84.0. The van der Waals surface area contributed by atoms with Crippen LogP contribution in [0.3, 0.4) is 0 Å². The van der Waals surface area contributed by atoms with E-state index in [0.717, 1.165) is 111 Å². The van der Waals surface area contributed by atoms with Crippen LogP contribution in [0.5, 0.6) is 0 Å². The number of pyridine rings is 9. The number of rotatable bonds is 14. The van der Waals surface area contributed by atoms with Gasteiger partial charge in [-0.2, -0.15) is 0 Å². The average Bonchev–Trinajstić information content (AvgIpc) is 1.62. The Labute approximate surface area is 582 Å². The molecule has 2 amide bonds. The van der Waals surface area contributed by atoms with Gasteiger partial charge in [0.2, 0.25) is 0 Å². The summed E-state index contributed by atoms with van der Waals surface area (Å²) in [6.45, 7) is 1.18. The predicted molar refractivity (Wildman–Crippen MR) is 382 cm³/mol. The fraction of sp³-hybridized carbons (Fsp3) is 0.0833. The normalized spacial score (nSPS) is 11.0. The lowest BCUT2D eigenvalue weighted by molar-refractivity contribution is 0.0696. The van der Waals surface area contributed by atoms with Crippen molar-refractivity contribution in [1.82, 2.24) is 70.4 Å². The van der Waals surface area contributed by atoms with Gasteiger partial charge in [0.1, 0.15) is 16.9 Å². The van der Waals surface area contributed by atoms with Crippen molar-refractivity contribution in [2.24, 2.45) is 5.73 Å². The molecule has 19 nitrogen and oxygen atoms in total. The number of nitrogens with one attached hydrogen (secondary N) is 5. The maximum Gasteiger partial charge on any atom is 0.335 e. The van der Waals surface area contributed by atoms with Crippen LogP contribution in [0.25, 0.3) is 65.8 Å². The molecule has 0 saturated heterocycles. The summed E-state index contributed by atoms with van der Waals surface area (Å²) in [6.07, 6.45) is 21.7. The number of benzene rings is 3. The van der Waals surface area contributed by atoms with Crippen molar-refractivity contribution in [3.8, 4) is 0 Å². The average molecular weight is 1410 g/mol. The minimum atomic E-state index is -0.951. The van der Waals surface area contributed by atoms with E-state index in [4.69, 9.17) is 80.4 Å². The highest BCUT2D eigenvalue weighted by molar-refractivity contribution is 6.36. The first kappa shape index (κ1) is 66.5. The summed E-state index contributed by atoms with van der Waals surface area (Å²) in [5.74, 6) is -1.31. The zero-order chi connectivity index (χ0) is 67.5. The summed E-state index contributed by atoms with van der Waals surface area (Å²) in [5.41, 5.74) is 19.9. The molecule has 0 aliphatic carbocycles. The first-order valence-corrected chi connectivity index (χ1v) is 32.1. The van der Waals surface area contributed by atoms with E-state index in [9.17, 15) is 14.4 Å². The lowest BCUT2D eigenvalue weighted by Gasteiger charge is -2.08. The molecular weight excluding hydrogens is 1350 g/mol. The topological polar surface area (TPSA) is 285 Å². The zero-order valence-electron chi connectivity index (χ0n) is 50.8. The third-order valence-corrected chi connectivity index (χ3v) is 16.8. The lowest BCUT2D eigenvalue weighted by atomic mass is 10.0. The van der Waals surface area contributed by atoms with E-state index >= 15 is 0 Å². The monoisotopic (exact) mass is 1400 g/mol. The van der Waals surface area contributed by atoms with Crippen LogP contribution in [-0.2, 0) is 38.9 Å². The van der Waals surface area contributed by atoms with Gasteiger partial charge in [0.05, 0.1) is 52.2 Å². The molecule has 3 aromatic carbocycles. The standard InChI is InChI=1S/2C24H17Cl2N5O.C16H11ClN2O2.C8H8ClN3/c2*25-18-8-17-5-14(1-2-22(17)28-12-18)6-19-9-16(3-4-27-19)24(32)31-11-15-7-20-21(26)13-30-23(20)29-10-15;17-13-7-12-5-10(1-2-15(12)19-9-13)6-14-8-11(16(20)21)3-4-18-14;9-7-4-12-8-6(7)1-5(2-10)3-11-8/h2*1-5,7-10,12-13H,6,11H2,(H,29,30)(H,31,32);1-5,7-9H,6H2,(H,20,21);1,3-4H,2,10H2,(H,11,12). The maximum atomic E-state index is 12.7. The molecule has 0 atom stereocenters. The zero-order valence-corrected chi connectivity index (χ0v) is 55.4. The van der Waals surface area contributed by atoms with Gasteiger partial charge in [-0.05, 0) is 143 Å². The Hall–Kier alpha value is -10.5. The van der Waals surface area contributed by atoms with Crippen molar-refractivity contribution < 1.29 is 19.5 Å². The molecule has 97 heavy (non-hydrogen) atoms. The van der Waals surface area contributed by atoms with Gasteiger partial charge in [-0.25, -0.2) is 19.7 Å². The van der Waals surface area contributed by atoms with E-state index in [0.29, 0.717) is 85.9 Å². The van der Waals surface area contributed by atoms with Crippen LogP contribution < -0.4 is 16.4 Å². The molecule has 0 fully saturated rings. The van der Waals surface area contributed by atoms with Gasteiger partial charge in [0.15, 0.2) is 0 Å². The second-order valence-corrected chi connectivity index (χ2v) is 24.7. The first-order chi connectivity index (χ1) is 47.0. The van der Waals surface area contributed by atoms with E-state index in [1.807, 2.05) is 91.0 Å². The number of fused-ring (bicyclic) bond motifs is 6. The number of aromatic amines is 3. The number of carbonyl (C=O) groups is 3. The second kappa shape index (κ2) is 30.5. The van der Waals surface area contributed by atoms with E-state index in [1.54, 1.807) is 98.5 Å². The van der Waals surface area contributed by atoms with E-state index in [-0.39, 0.29) is 17.4 Å². The number of nitrogens with zero attached hydrogens (tertiary/aromatic N) is 9. The van der Waals surface area contributed by atoms with Gasteiger partial charge in [-0.15, -0.1) is 0 Å². The highest BCUT2D eigenvalue weighted by Gasteiger charge is 2.14. The maximum absolute atomic E-state index is 12.7. The highest BCUT2D eigenvalue weighted by atomic mass is 35.5. The van der Waals surface area contributed by atoms with Crippen molar-refractivity contribution in [3.63, 3.8) is 0 Å². The lowest BCUT2D eigenvalue weighted by Crippen LogP contribution is -2.23. The van der Waals surface area contributed by atoms with Gasteiger partial charge in [0, 0.05) is 174 Å². The Morgan fingerprint density at radius 1 is 0.381 bits per heavy atom. The summed E-state index contributed by atoms with van der Waals surface area (Å²) >= 11 is 36.3. The molecule has 15 aromatic rings. The SMILES string of the molecule is NCc1cnc2[nH]cc(Cl)c2c1.O=C(NCc1cnc2[nH]cc(Cl)c2c1)c1ccnc(Cc2ccc3ncc(Cl)cc3c2)c1.O=C(NCc1cnc2[nH]cc(Cl)c2c1)c1ccnc(Cc2ccc3ncc(Cl)cc3c2)c1.O=C(O)c1ccnc(Cc2ccc3ncc(Cl)cc3c2)c1. The number of carbonyl (C=O) groups excluding carboxylic acids is 2. The highest BCUT2D eigenvalue weighted by Crippen LogP contribution is 2.27. The largest absolute Gasteiger partial charge is 0.478 e. The number of hydrogen-bond acceptors (Lipinski definition) is 13. The van der Waals surface area contributed by atoms with Crippen LogP contribution in [0.4, 0.5) is 0 Å². The van der Waals surface area contributed by atoms with Crippen molar-refractivity contribution in [1.29, 1.82) is 0 Å². The minimum absolute atomic E-state index is 0.177. The Balaban J connectivity index is 0.000000130. The van der Waals surface area contributed by atoms with Crippen LogP contribution in [0.15, 0.2) is 202 Å². The molecular formula is C72H53Cl6N15O4. The van der Waals surface area contributed by atoms with Gasteiger partial charge >= 0.3 is 5.97 Å². The molecule has 15 rings (SSSR count). The Morgan fingerprint density at radius 3 is 1.08 bits per heavy atom. The smallest absolute Gasteiger partial charge is 0.335 e. The van der Waals surface area contributed by atoms with Crippen molar-refractivity contribution in [2.75, 3.05) is 0 Å². The second-order valence-electron chi connectivity index (χ2n) is 22.2. The van der Waals surface area contributed by atoms with E-state index < -0.39 is 5.97 Å². The number of aromatic nitrogens is 12. The third kappa shape index (κ3) is 17.0. The van der Waals surface area contributed by atoms with E-state index in [1.165, 1.54) is 12.3 Å². The number of H-pyrrole nitrogens is 3. The van der Waals surface area contributed by atoms with Crippen molar-refractivity contribution >= 4 is 153 Å². The molecule has 0 unspecified atom stereocenters. The van der Waals surface area contributed by atoms with Gasteiger partial charge < -0.3 is 36.4 Å². The molecule has 0 radical (unpaired) electrons. The molecule has 0 aliphatic heterocycles. The molecule has 12 aromatic heterocycles. The Morgan fingerprint density at radius 2 is 0.722 bits per heavy atom. The summed E-state index contributed by atoms with van der Waals surface area (Å²) in [5, 5.41) is 24.0. The van der Waals surface area contributed by atoms with Gasteiger partial charge in [-0.3, -0.25) is 39.5 Å². The number of carboxylic acid groups (broad SMARTS) is 1. The molecule has 0 spiro atoms. The van der Waals surface area contributed by atoms with Crippen LogP contribution >= 0.6 is 69.6 Å². The number of halogens is 6. The number of hydrogen-bond donors (Lipinski definition) is 7. The molecule has 0 aliphatic rings. The number of nitrogens with two attached hydrogens (primary N) is 1. The van der Waals surface area contributed by atoms with Gasteiger partial charge in [-0.1, -0.05) is 87.8 Å². The molecule has 0 bridgehead atoms. The molecule has 25 heteroatoms. The van der Waals surface area contributed by atoms with Crippen molar-refractivity contribution in [2.45, 2.75) is 38.9 Å². The summed E-state index contributed by atoms with van der Waals surface area (Å²) in [6, 6.07) is 39.4. The number of carboxylic acids is 1. The number of amides is 2. The third-order valence-electron chi connectivity index (χ3n) is 15.3. The molecule has 0 saturated carbocycles. The van der Waals surface area contributed by atoms with Gasteiger partial charge in [0.25, 0.3) is 11.8 Å². The number of aromatic carboxylic acids is 1. The van der Waals surface area contributed by atoms with Crippen LogP contribution in [0.1, 0.15) is 81.5 Å². The fourth-order valence-corrected chi connectivity index (χ4v) is 11.6. The fourth-order valence-electron chi connectivity index (χ4n) is 10.5. The summed E-state index contributed by atoms with van der Waals surface area (Å²) in [7, 11) is 0. The Kier molecular flexibility index (Phi) is 20.9. The molecule has 8 N–H and O–H groups in total. The van der Waals surface area contributed by atoms with Crippen LogP contribution in [0.2, 0.25) is 30.1 Å². The first-order valence-electron chi connectivity index (χ1n) is 29.8. The van der Waals surface area contributed by atoms with Crippen LogP contribution in [0, 0.1) is 0 Å². The van der Waals surface area contributed by atoms with Crippen molar-refractivity contribution in [3.05, 3.63) is 299 Å². The van der Waals surface area contributed by atoms with E-state index in [2.05, 4.69) is 70.4 Å². The minimum Gasteiger partial charge on any atom is -0.478 e. The summed E-state index contributed by atoms with van der Waals surface area (Å²) < 4.78 is 0.